The van der Waals surface area contributed by atoms with Crippen molar-refractivity contribution < 1.29 is 4.79 Å². The maximum absolute atomic E-state index is 12.3. The molecule has 6 heteroatoms. The van der Waals surface area contributed by atoms with Crippen molar-refractivity contribution in [3.05, 3.63) is 30.1 Å². The number of rotatable bonds is 3. The van der Waals surface area contributed by atoms with Gasteiger partial charge in [0.25, 0.3) is 0 Å². The molecule has 108 valence electrons. The lowest BCUT2D eigenvalue weighted by molar-refractivity contribution is -0.130. The molecule has 0 aromatic carbocycles. The summed E-state index contributed by atoms with van der Waals surface area (Å²) in [6, 6.07) is 4.23. The van der Waals surface area contributed by atoms with Crippen LogP contribution in [0.4, 0.5) is 0 Å². The van der Waals surface area contributed by atoms with Gasteiger partial charge in [-0.2, -0.15) is 0 Å². The molecule has 5 nitrogen and oxygen atoms in total. The zero-order valence-electron chi connectivity index (χ0n) is 11.4. The number of hydrogen-bond acceptors (Lipinski definition) is 3. The van der Waals surface area contributed by atoms with Gasteiger partial charge in [-0.3, -0.25) is 4.79 Å². The summed E-state index contributed by atoms with van der Waals surface area (Å²) in [5, 5.41) is 4.32. The molecule has 1 amide bonds. The highest BCUT2D eigenvalue weighted by molar-refractivity contribution is 5.87. The fourth-order valence-electron chi connectivity index (χ4n) is 2.62. The highest BCUT2D eigenvalue weighted by Crippen LogP contribution is 2.17. The summed E-state index contributed by atoms with van der Waals surface area (Å²) in [4.78, 5) is 21.5. The minimum Gasteiger partial charge on any atom is -0.346 e. The zero-order valence-corrected chi connectivity index (χ0v) is 12.2. The lowest BCUT2D eigenvalue weighted by Gasteiger charge is -2.23. The molecule has 1 aliphatic rings. The molecule has 3 heterocycles. The highest BCUT2D eigenvalue weighted by atomic mass is 35.5. The van der Waals surface area contributed by atoms with Crippen LogP contribution in [0, 0.1) is 0 Å². The molecule has 0 spiro atoms. The van der Waals surface area contributed by atoms with Crippen molar-refractivity contribution in [2.75, 3.05) is 20.1 Å². The number of nitrogens with zero attached hydrogens (tertiary/aromatic N) is 2. The van der Waals surface area contributed by atoms with Gasteiger partial charge < -0.3 is 15.2 Å². The van der Waals surface area contributed by atoms with Crippen molar-refractivity contribution in [1.29, 1.82) is 0 Å². The normalized spacial score (nSPS) is 17.9. The molecule has 0 aliphatic carbocycles. The first-order valence-electron chi connectivity index (χ1n) is 6.63. The topological polar surface area (TPSA) is 61.0 Å². The Morgan fingerprint density at radius 1 is 1.55 bits per heavy atom. The SMILES string of the molecule is CN(C(=O)Cc1c[nH]c2ncccc12)C1CCNC1.Cl. The number of aromatic nitrogens is 2. The largest absolute Gasteiger partial charge is 0.346 e. The number of fused-ring (bicyclic) bond motifs is 1. The van der Waals surface area contributed by atoms with Gasteiger partial charge in [0.15, 0.2) is 0 Å². The van der Waals surface area contributed by atoms with Crippen LogP contribution in [-0.4, -0.2) is 47.0 Å². The van der Waals surface area contributed by atoms with E-state index in [0.29, 0.717) is 12.5 Å². The Morgan fingerprint density at radius 2 is 2.40 bits per heavy atom. The minimum atomic E-state index is 0. The Kier molecular flexibility index (Phi) is 4.62. The molecule has 3 rings (SSSR count). The van der Waals surface area contributed by atoms with Gasteiger partial charge in [0.05, 0.1) is 6.42 Å². The second kappa shape index (κ2) is 6.24. The van der Waals surface area contributed by atoms with E-state index in [2.05, 4.69) is 15.3 Å². The number of aromatic amines is 1. The molecule has 0 saturated carbocycles. The standard InChI is InChI=1S/C14H18N4O.ClH/c1-18(11-4-6-15-9-11)13(19)7-10-8-17-14-12(10)3-2-5-16-14;/h2-3,5,8,11,15H,4,6-7,9H2,1H3,(H,16,17);1H. The van der Waals surface area contributed by atoms with E-state index in [4.69, 9.17) is 0 Å². The molecule has 0 radical (unpaired) electrons. The van der Waals surface area contributed by atoms with Gasteiger partial charge in [0.1, 0.15) is 5.65 Å². The van der Waals surface area contributed by atoms with E-state index in [-0.39, 0.29) is 18.3 Å². The Balaban J connectivity index is 0.00000147. The number of H-pyrrole nitrogens is 1. The summed E-state index contributed by atoms with van der Waals surface area (Å²) < 4.78 is 0. The summed E-state index contributed by atoms with van der Waals surface area (Å²) >= 11 is 0. The van der Waals surface area contributed by atoms with E-state index in [1.165, 1.54) is 0 Å². The summed E-state index contributed by atoms with van der Waals surface area (Å²) in [6.07, 6.45) is 5.10. The van der Waals surface area contributed by atoms with Crippen LogP contribution in [0.2, 0.25) is 0 Å². The summed E-state index contributed by atoms with van der Waals surface area (Å²) in [5.74, 6) is 0.165. The van der Waals surface area contributed by atoms with Crippen LogP contribution in [0.5, 0.6) is 0 Å². The van der Waals surface area contributed by atoms with Crippen molar-refractivity contribution in [2.45, 2.75) is 18.9 Å². The van der Waals surface area contributed by atoms with Gasteiger partial charge in [0.2, 0.25) is 5.91 Å². The number of amides is 1. The molecule has 2 aromatic rings. The predicted octanol–water partition coefficient (Wildman–Crippen LogP) is 1.35. The quantitative estimate of drug-likeness (QED) is 0.898. The Bertz CT molecular complexity index is 592. The predicted molar refractivity (Wildman–Crippen MR) is 81.1 cm³/mol. The maximum atomic E-state index is 12.3. The average Bonchev–Trinajstić information content (AvgIpc) is 3.08. The first-order chi connectivity index (χ1) is 9.25. The highest BCUT2D eigenvalue weighted by Gasteiger charge is 2.23. The van der Waals surface area contributed by atoms with Crippen LogP contribution in [0.3, 0.4) is 0 Å². The van der Waals surface area contributed by atoms with E-state index in [0.717, 1.165) is 36.1 Å². The van der Waals surface area contributed by atoms with Gasteiger partial charge in [-0.1, -0.05) is 0 Å². The van der Waals surface area contributed by atoms with Crippen LogP contribution in [0.15, 0.2) is 24.5 Å². The number of hydrogen-bond donors (Lipinski definition) is 2. The van der Waals surface area contributed by atoms with Crippen LogP contribution >= 0.6 is 12.4 Å². The van der Waals surface area contributed by atoms with Crippen molar-refractivity contribution in [3.8, 4) is 0 Å². The number of halogens is 1. The number of nitrogens with one attached hydrogen (secondary N) is 2. The molecule has 0 bridgehead atoms. The van der Waals surface area contributed by atoms with Gasteiger partial charge in [-0.25, -0.2) is 4.98 Å². The zero-order chi connectivity index (χ0) is 13.2. The molecule has 20 heavy (non-hydrogen) atoms. The Morgan fingerprint density at radius 3 is 3.15 bits per heavy atom. The molecule has 2 aromatic heterocycles. The Hall–Kier alpha value is -1.59. The van der Waals surface area contributed by atoms with E-state index >= 15 is 0 Å². The Labute approximate surface area is 124 Å². The van der Waals surface area contributed by atoms with Gasteiger partial charge in [-0.05, 0) is 30.7 Å². The summed E-state index contributed by atoms with van der Waals surface area (Å²) in [6.45, 7) is 1.90. The van der Waals surface area contributed by atoms with E-state index < -0.39 is 0 Å². The summed E-state index contributed by atoms with van der Waals surface area (Å²) in [7, 11) is 1.90. The fraction of sp³-hybridized carbons (Fsp3) is 0.429. The third-order valence-electron chi connectivity index (χ3n) is 3.85. The second-order valence-corrected chi connectivity index (χ2v) is 5.04. The van der Waals surface area contributed by atoms with E-state index in [1.54, 1.807) is 6.20 Å². The molecular weight excluding hydrogens is 276 g/mol. The minimum absolute atomic E-state index is 0. The third-order valence-corrected chi connectivity index (χ3v) is 3.85. The maximum Gasteiger partial charge on any atom is 0.227 e. The summed E-state index contributed by atoms with van der Waals surface area (Å²) in [5.41, 5.74) is 1.86. The first-order valence-corrected chi connectivity index (χ1v) is 6.63. The molecule has 2 N–H and O–H groups in total. The number of carbonyl (C=O) groups is 1. The van der Waals surface area contributed by atoms with Crippen molar-refractivity contribution >= 4 is 29.3 Å². The monoisotopic (exact) mass is 294 g/mol. The molecular formula is C14H19ClN4O. The lowest BCUT2D eigenvalue weighted by atomic mass is 10.1. The van der Waals surface area contributed by atoms with Gasteiger partial charge in [0, 0.05) is 37.4 Å². The van der Waals surface area contributed by atoms with Crippen LogP contribution < -0.4 is 5.32 Å². The van der Waals surface area contributed by atoms with Crippen molar-refractivity contribution in [2.24, 2.45) is 0 Å². The molecule has 1 unspecified atom stereocenters. The average molecular weight is 295 g/mol. The fourth-order valence-corrected chi connectivity index (χ4v) is 2.62. The number of likely N-dealkylation sites (N-methyl/N-ethyl adjacent to an activating group) is 1. The van der Waals surface area contributed by atoms with Gasteiger partial charge in [-0.15, -0.1) is 12.4 Å². The number of carbonyl (C=O) groups excluding carboxylic acids is 1. The third kappa shape index (κ3) is 2.78. The second-order valence-electron chi connectivity index (χ2n) is 5.04. The van der Waals surface area contributed by atoms with Crippen molar-refractivity contribution in [1.82, 2.24) is 20.2 Å². The van der Waals surface area contributed by atoms with Crippen LogP contribution in [-0.2, 0) is 11.2 Å². The molecule has 1 saturated heterocycles. The van der Waals surface area contributed by atoms with Crippen LogP contribution in [0.1, 0.15) is 12.0 Å². The lowest BCUT2D eigenvalue weighted by Crippen LogP contribution is -2.39. The van der Waals surface area contributed by atoms with E-state index in [9.17, 15) is 4.79 Å². The molecule has 1 aliphatic heterocycles. The number of pyridine rings is 1. The van der Waals surface area contributed by atoms with E-state index in [1.807, 2.05) is 30.3 Å². The van der Waals surface area contributed by atoms with Crippen LogP contribution in [0.25, 0.3) is 11.0 Å². The first kappa shape index (κ1) is 14.8. The smallest absolute Gasteiger partial charge is 0.227 e. The van der Waals surface area contributed by atoms with Gasteiger partial charge >= 0.3 is 0 Å². The van der Waals surface area contributed by atoms with Crippen molar-refractivity contribution in [3.63, 3.8) is 0 Å². The molecule has 1 atom stereocenters. The molecule has 1 fully saturated rings.